The van der Waals surface area contributed by atoms with Gasteiger partial charge in [-0.3, -0.25) is 0 Å². The number of anilines is 1. The number of aromatic nitrogens is 2. The van der Waals surface area contributed by atoms with Crippen LogP contribution in [-0.2, 0) is 6.61 Å². The van der Waals surface area contributed by atoms with Crippen LogP contribution in [0.2, 0.25) is 0 Å². The molecular weight excluding hydrogens is 302 g/mol. The summed E-state index contributed by atoms with van der Waals surface area (Å²) < 4.78 is 31.8. The Morgan fingerprint density at radius 3 is 2.83 bits per heavy atom. The zero-order chi connectivity index (χ0) is 16.2. The molecule has 0 unspecified atom stereocenters. The minimum Gasteiger partial charge on any atom is -0.459 e. The van der Waals surface area contributed by atoms with Crippen LogP contribution < -0.4 is 15.0 Å². The van der Waals surface area contributed by atoms with Crippen LogP contribution in [0.3, 0.4) is 0 Å². The number of rotatable bonds is 4. The van der Waals surface area contributed by atoms with Crippen molar-refractivity contribution in [2.24, 2.45) is 0 Å². The molecule has 1 aromatic heterocycles. The standard InChI is InChI=1S/C16H18F2N4O/c1-11-9-19-4-5-22(11)15-2-3-20-16(21-15)23-10-12-6-13(17)8-14(18)7-12/h2-3,6-8,11,19H,4-5,9-10H2,1H3/t11-/m0/s1. The molecule has 0 bridgehead atoms. The lowest BCUT2D eigenvalue weighted by Gasteiger charge is -2.34. The number of nitrogens with zero attached hydrogens (tertiary/aromatic N) is 3. The number of hydrogen-bond donors (Lipinski definition) is 1. The molecule has 7 heteroatoms. The predicted octanol–water partition coefficient (Wildman–Crippen LogP) is 2.13. The maximum absolute atomic E-state index is 13.2. The Morgan fingerprint density at radius 1 is 1.30 bits per heavy atom. The molecule has 1 fully saturated rings. The van der Waals surface area contributed by atoms with Crippen molar-refractivity contribution in [2.45, 2.75) is 19.6 Å². The van der Waals surface area contributed by atoms with Gasteiger partial charge in [-0.05, 0) is 30.7 Å². The molecule has 3 rings (SSSR count). The van der Waals surface area contributed by atoms with Crippen molar-refractivity contribution in [1.82, 2.24) is 15.3 Å². The molecule has 23 heavy (non-hydrogen) atoms. The van der Waals surface area contributed by atoms with Crippen molar-refractivity contribution >= 4 is 5.82 Å². The third-order valence-corrected chi connectivity index (χ3v) is 3.70. The molecule has 1 aliphatic heterocycles. The molecule has 5 nitrogen and oxygen atoms in total. The summed E-state index contributed by atoms with van der Waals surface area (Å²) in [6.07, 6.45) is 1.62. The first-order valence-electron chi connectivity index (χ1n) is 7.50. The van der Waals surface area contributed by atoms with Crippen LogP contribution in [0.25, 0.3) is 0 Å². The summed E-state index contributed by atoms with van der Waals surface area (Å²) in [7, 11) is 0. The Bertz CT molecular complexity index is 663. The van der Waals surface area contributed by atoms with E-state index in [2.05, 4.69) is 27.1 Å². The molecule has 122 valence electrons. The van der Waals surface area contributed by atoms with Crippen LogP contribution in [-0.4, -0.2) is 35.6 Å². The van der Waals surface area contributed by atoms with E-state index in [1.807, 2.05) is 6.07 Å². The molecule has 2 heterocycles. The van der Waals surface area contributed by atoms with E-state index in [1.165, 1.54) is 12.1 Å². The third kappa shape index (κ3) is 3.92. The van der Waals surface area contributed by atoms with E-state index in [0.29, 0.717) is 11.6 Å². The second-order valence-corrected chi connectivity index (χ2v) is 5.51. The van der Waals surface area contributed by atoms with Crippen molar-refractivity contribution < 1.29 is 13.5 Å². The second kappa shape index (κ2) is 6.87. The Kier molecular flexibility index (Phi) is 4.66. The molecule has 2 aromatic rings. The molecule has 0 saturated carbocycles. The first kappa shape index (κ1) is 15.6. The summed E-state index contributed by atoms with van der Waals surface area (Å²) in [5, 5.41) is 3.32. The van der Waals surface area contributed by atoms with Gasteiger partial charge in [-0.25, -0.2) is 13.8 Å². The number of halogens is 2. The maximum atomic E-state index is 13.2. The van der Waals surface area contributed by atoms with Gasteiger partial charge >= 0.3 is 6.01 Å². The Balaban J connectivity index is 1.70. The highest BCUT2D eigenvalue weighted by atomic mass is 19.1. The van der Waals surface area contributed by atoms with Gasteiger partial charge in [0.15, 0.2) is 0 Å². The Hall–Kier alpha value is -2.28. The van der Waals surface area contributed by atoms with Crippen LogP contribution in [0.15, 0.2) is 30.5 Å². The summed E-state index contributed by atoms with van der Waals surface area (Å²) in [4.78, 5) is 10.6. The van der Waals surface area contributed by atoms with Crippen LogP contribution in [0.4, 0.5) is 14.6 Å². The van der Waals surface area contributed by atoms with E-state index in [-0.39, 0.29) is 12.6 Å². The third-order valence-electron chi connectivity index (χ3n) is 3.70. The molecule has 1 atom stereocenters. The highest BCUT2D eigenvalue weighted by Crippen LogP contribution is 2.18. The first-order valence-corrected chi connectivity index (χ1v) is 7.50. The quantitative estimate of drug-likeness (QED) is 0.935. The fraction of sp³-hybridized carbons (Fsp3) is 0.375. The summed E-state index contributed by atoms with van der Waals surface area (Å²) in [5.41, 5.74) is 0.395. The van der Waals surface area contributed by atoms with E-state index in [9.17, 15) is 8.78 Å². The summed E-state index contributed by atoms with van der Waals surface area (Å²) in [5.74, 6) is -0.477. The molecule has 0 radical (unpaired) electrons. The molecule has 1 N–H and O–H groups in total. The first-order chi connectivity index (χ1) is 11.1. The van der Waals surface area contributed by atoms with Gasteiger partial charge in [-0.1, -0.05) is 0 Å². The average Bonchev–Trinajstić information content (AvgIpc) is 2.53. The van der Waals surface area contributed by atoms with Gasteiger partial charge in [0.2, 0.25) is 0 Å². The van der Waals surface area contributed by atoms with Crippen molar-refractivity contribution in [3.8, 4) is 6.01 Å². The number of benzene rings is 1. The second-order valence-electron chi connectivity index (χ2n) is 5.51. The minimum absolute atomic E-state index is 0.00917. The monoisotopic (exact) mass is 320 g/mol. The summed E-state index contributed by atoms with van der Waals surface area (Å²) in [6, 6.07) is 5.63. The largest absolute Gasteiger partial charge is 0.459 e. The van der Waals surface area contributed by atoms with Gasteiger partial charge in [0, 0.05) is 37.9 Å². The number of hydrogen-bond acceptors (Lipinski definition) is 5. The maximum Gasteiger partial charge on any atom is 0.318 e. The smallest absolute Gasteiger partial charge is 0.318 e. The predicted molar refractivity (Wildman–Crippen MR) is 82.4 cm³/mol. The van der Waals surface area contributed by atoms with Crippen molar-refractivity contribution in [1.29, 1.82) is 0 Å². The van der Waals surface area contributed by atoms with Gasteiger partial charge < -0.3 is 15.0 Å². The molecule has 1 aliphatic rings. The van der Waals surface area contributed by atoms with Crippen molar-refractivity contribution in [3.05, 3.63) is 47.7 Å². The van der Waals surface area contributed by atoms with Crippen LogP contribution in [0, 0.1) is 11.6 Å². The van der Waals surface area contributed by atoms with Gasteiger partial charge in [0.05, 0.1) is 0 Å². The molecule has 1 aromatic carbocycles. The molecule has 0 spiro atoms. The Labute approximate surface area is 133 Å². The Morgan fingerprint density at radius 2 is 2.09 bits per heavy atom. The van der Waals surface area contributed by atoms with Gasteiger partial charge in [-0.2, -0.15) is 4.98 Å². The van der Waals surface area contributed by atoms with E-state index in [0.717, 1.165) is 31.5 Å². The van der Waals surface area contributed by atoms with Crippen LogP contribution in [0.5, 0.6) is 6.01 Å². The van der Waals surface area contributed by atoms with Crippen molar-refractivity contribution in [3.63, 3.8) is 0 Å². The topological polar surface area (TPSA) is 50.3 Å². The fourth-order valence-electron chi connectivity index (χ4n) is 2.58. The zero-order valence-corrected chi connectivity index (χ0v) is 12.8. The fourth-order valence-corrected chi connectivity index (χ4v) is 2.58. The van der Waals surface area contributed by atoms with E-state index < -0.39 is 11.6 Å². The number of piperazine rings is 1. The molecule has 1 saturated heterocycles. The number of nitrogens with one attached hydrogen (secondary N) is 1. The molecule has 0 aliphatic carbocycles. The van der Waals surface area contributed by atoms with E-state index in [4.69, 9.17) is 4.74 Å². The lowest BCUT2D eigenvalue weighted by atomic mass is 10.2. The average molecular weight is 320 g/mol. The molecular formula is C16H18F2N4O. The lowest BCUT2D eigenvalue weighted by molar-refractivity contribution is 0.279. The van der Waals surface area contributed by atoms with E-state index in [1.54, 1.807) is 6.20 Å². The van der Waals surface area contributed by atoms with Gasteiger partial charge in [-0.15, -0.1) is 0 Å². The van der Waals surface area contributed by atoms with Gasteiger partial charge in [0.1, 0.15) is 24.1 Å². The zero-order valence-electron chi connectivity index (χ0n) is 12.8. The highest BCUT2D eigenvalue weighted by Gasteiger charge is 2.19. The van der Waals surface area contributed by atoms with Gasteiger partial charge in [0.25, 0.3) is 0 Å². The van der Waals surface area contributed by atoms with Crippen LogP contribution >= 0.6 is 0 Å². The molecule has 0 amide bonds. The lowest BCUT2D eigenvalue weighted by Crippen LogP contribution is -2.50. The summed E-state index contributed by atoms with van der Waals surface area (Å²) >= 11 is 0. The summed E-state index contributed by atoms with van der Waals surface area (Å²) in [6.45, 7) is 4.77. The normalized spacial score (nSPS) is 18.0. The van der Waals surface area contributed by atoms with Crippen molar-refractivity contribution in [2.75, 3.05) is 24.5 Å². The minimum atomic E-state index is -0.632. The SMILES string of the molecule is C[C@H]1CNCCN1c1ccnc(OCc2cc(F)cc(F)c2)n1. The highest BCUT2D eigenvalue weighted by molar-refractivity contribution is 5.40. The van der Waals surface area contributed by atoms with Crippen LogP contribution in [0.1, 0.15) is 12.5 Å². The van der Waals surface area contributed by atoms with E-state index >= 15 is 0 Å². The number of ether oxygens (including phenoxy) is 1.